The van der Waals surface area contributed by atoms with Gasteiger partial charge in [-0.2, -0.15) is 0 Å². The Morgan fingerprint density at radius 3 is 1.44 bits per heavy atom. The lowest BCUT2D eigenvalue weighted by Gasteiger charge is -2.18. The molecule has 0 aliphatic carbocycles. The fourth-order valence-electron chi connectivity index (χ4n) is 3.60. The number of Topliss-reactive ketones (excluding diaryl/α,β-unsaturated/α-hetero) is 2. The molecule has 172 valence electrons. The SMILES string of the molecule is O=PCCCCCCCCCC(C(=O)c1c(Cl)cccc1Cl)C(=O)c1c(Cl)cccc1Cl. The topological polar surface area (TPSA) is 51.2 Å². The fraction of sp³-hybridized carbons (Fsp3) is 0.417. The van der Waals surface area contributed by atoms with Crippen LogP contribution in [0.15, 0.2) is 36.4 Å². The van der Waals surface area contributed by atoms with Crippen LogP contribution in [0, 0.1) is 5.92 Å². The minimum Gasteiger partial charge on any atom is -0.293 e. The van der Waals surface area contributed by atoms with E-state index in [-0.39, 0.29) is 39.7 Å². The highest BCUT2D eigenvalue weighted by Crippen LogP contribution is 2.33. The number of unbranched alkanes of at least 4 members (excludes halogenated alkanes) is 6. The van der Waals surface area contributed by atoms with Crippen molar-refractivity contribution in [2.75, 3.05) is 6.16 Å². The zero-order chi connectivity index (χ0) is 23.5. The van der Waals surface area contributed by atoms with Crippen LogP contribution in [0.5, 0.6) is 0 Å². The Labute approximate surface area is 211 Å². The number of hydrogen-bond donors (Lipinski definition) is 0. The largest absolute Gasteiger partial charge is 0.293 e. The summed E-state index contributed by atoms with van der Waals surface area (Å²) < 4.78 is 10.5. The monoisotopic (exact) mass is 532 g/mol. The summed E-state index contributed by atoms with van der Waals surface area (Å²) in [4.78, 5) is 26.8. The molecule has 0 aliphatic heterocycles. The molecule has 0 aliphatic rings. The lowest BCUT2D eigenvalue weighted by Crippen LogP contribution is -2.26. The quantitative estimate of drug-likeness (QED) is 0.105. The molecule has 0 aromatic heterocycles. The summed E-state index contributed by atoms with van der Waals surface area (Å²) in [6.07, 6.45) is 7.84. The van der Waals surface area contributed by atoms with Gasteiger partial charge in [-0.15, -0.1) is 0 Å². The maximum atomic E-state index is 13.4. The van der Waals surface area contributed by atoms with Gasteiger partial charge in [0.25, 0.3) is 0 Å². The first-order chi connectivity index (χ1) is 15.4. The number of ketones is 2. The second-order valence-corrected chi connectivity index (χ2v) is 9.92. The molecule has 0 heterocycles. The number of benzene rings is 2. The van der Waals surface area contributed by atoms with E-state index in [2.05, 4.69) is 0 Å². The number of halogens is 4. The van der Waals surface area contributed by atoms with Crippen molar-refractivity contribution in [1.82, 2.24) is 0 Å². The van der Waals surface area contributed by atoms with Crippen LogP contribution in [-0.4, -0.2) is 17.7 Å². The summed E-state index contributed by atoms with van der Waals surface area (Å²) in [7, 11) is 0.207. The summed E-state index contributed by atoms with van der Waals surface area (Å²) in [6, 6.07) is 9.63. The highest BCUT2D eigenvalue weighted by Gasteiger charge is 2.32. The summed E-state index contributed by atoms with van der Waals surface area (Å²) in [5.74, 6) is -1.81. The van der Waals surface area contributed by atoms with Gasteiger partial charge in [-0.25, -0.2) is 0 Å². The molecule has 2 rings (SSSR count). The third kappa shape index (κ3) is 7.82. The van der Waals surface area contributed by atoms with Gasteiger partial charge >= 0.3 is 0 Å². The molecule has 0 saturated carbocycles. The van der Waals surface area contributed by atoms with Crippen LogP contribution in [0.25, 0.3) is 0 Å². The number of carbonyl (C=O) groups is 2. The van der Waals surface area contributed by atoms with Gasteiger partial charge in [0.1, 0.15) is 0 Å². The van der Waals surface area contributed by atoms with Gasteiger partial charge in [-0.1, -0.05) is 97.1 Å². The predicted molar refractivity (Wildman–Crippen MR) is 134 cm³/mol. The van der Waals surface area contributed by atoms with Gasteiger partial charge < -0.3 is 0 Å². The van der Waals surface area contributed by atoms with E-state index < -0.39 is 17.5 Å². The van der Waals surface area contributed by atoms with E-state index in [1.54, 1.807) is 36.4 Å². The van der Waals surface area contributed by atoms with Crippen molar-refractivity contribution in [3.63, 3.8) is 0 Å². The van der Waals surface area contributed by atoms with E-state index >= 15 is 0 Å². The summed E-state index contributed by atoms with van der Waals surface area (Å²) >= 11 is 25.0. The number of rotatable bonds is 14. The Kier molecular flexibility index (Phi) is 12.2. The normalized spacial score (nSPS) is 11.3. The molecule has 0 spiro atoms. The summed E-state index contributed by atoms with van der Waals surface area (Å²) in [6.45, 7) is 0. The van der Waals surface area contributed by atoms with Crippen LogP contribution >= 0.6 is 54.9 Å². The Morgan fingerprint density at radius 2 is 1.03 bits per heavy atom. The number of carbonyl (C=O) groups excluding carboxylic acids is 2. The molecule has 0 radical (unpaired) electrons. The van der Waals surface area contributed by atoms with Crippen LogP contribution in [0.3, 0.4) is 0 Å². The Bertz CT molecular complexity index is 845. The van der Waals surface area contributed by atoms with E-state index in [1.165, 1.54) is 0 Å². The molecule has 32 heavy (non-hydrogen) atoms. The van der Waals surface area contributed by atoms with Gasteiger partial charge in [0.2, 0.25) is 0 Å². The molecule has 3 nitrogen and oxygen atoms in total. The van der Waals surface area contributed by atoms with Crippen molar-refractivity contribution < 1.29 is 14.2 Å². The Hall–Kier alpha value is -0.960. The minimum absolute atomic E-state index is 0.148. The molecule has 0 unspecified atom stereocenters. The lowest BCUT2D eigenvalue weighted by atomic mass is 9.85. The molecule has 0 fully saturated rings. The van der Waals surface area contributed by atoms with Crippen LogP contribution in [0.2, 0.25) is 20.1 Å². The minimum atomic E-state index is -0.971. The average molecular weight is 534 g/mol. The maximum absolute atomic E-state index is 13.4. The van der Waals surface area contributed by atoms with Crippen molar-refractivity contribution in [2.45, 2.75) is 51.4 Å². The second-order valence-electron chi connectivity index (χ2n) is 7.59. The molecular formula is C24H25Cl4O3P. The van der Waals surface area contributed by atoms with Gasteiger partial charge in [0.05, 0.1) is 37.1 Å². The predicted octanol–water partition coefficient (Wildman–Crippen LogP) is 9.39. The third-order valence-corrected chi connectivity index (χ3v) is 7.05. The van der Waals surface area contributed by atoms with E-state index in [0.29, 0.717) is 19.0 Å². The van der Waals surface area contributed by atoms with Crippen LogP contribution in [0.4, 0.5) is 0 Å². The molecule has 0 amide bonds. The summed E-state index contributed by atoms with van der Waals surface area (Å²) in [5, 5.41) is 0.845. The highest BCUT2D eigenvalue weighted by molar-refractivity contribution is 7.23. The van der Waals surface area contributed by atoms with Crippen LogP contribution in [0.1, 0.15) is 72.1 Å². The first kappa shape index (κ1) is 27.3. The molecule has 0 atom stereocenters. The zero-order valence-electron chi connectivity index (χ0n) is 17.6. The number of hydrogen-bond acceptors (Lipinski definition) is 3. The van der Waals surface area contributed by atoms with Gasteiger partial charge in [-0.05, 0) is 37.1 Å². The first-order valence-corrected chi connectivity index (χ1v) is 13.1. The van der Waals surface area contributed by atoms with Gasteiger partial charge in [-0.3, -0.25) is 14.2 Å². The van der Waals surface area contributed by atoms with Crippen LogP contribution < -0.4 is 0 Å². The Balaban J connectivity index is 2.13. The Morgan fingerprint density at radius 1 is 0.656 bits per heavy atom. The maximum Gasteiger partial charge on any atom is 0.176 e. The first-order valence-electron chi connectivity index (χ1n) is 10.6. The smallest absolute Gasteiger partial charge is 0.176 e. The van der Waals surface area contributed by atoms with Crippen molar-refractivity contribution >= 4 is 66.4 Å². The van der Waals surface area contributed by atoms with Crippen molar-refractivity contribution in [3.8, 4) is 0 Å². The molecule has 2 aromatic rings. The standard InChI is InChI=1S/C24H25Cl4O3P/c25-17-11-8-12-18(26)21(17)23(29)16(10-6-4-2-1-3-5-7-15-32-31)24(30)22-19(27)13-9-14-20(22)28/h8-9,11-14,16H,1-7,10,15H2. The van der Waals surface area contributed by atoms with Crippen LogP contribution in [-0.2, 0) is 4.57 Å². The van der Waals surface area contributed by atoms with E-state index in [1.807, 2.05) is 0 Å². The fourth-order valence-corrected chi connectivity index (χ4v) is 5.12. The molecular weight excluding hydrogens is 509 g/mol. The van der Waals surface area contributed by atoms with E-state index in [4.69, 9.17) is 46.4 Å². The lowest BCUT2D eigenvalue weighted by molar-refractivity contribution is 0.0797. The molecule has 0 bridgehead atoms. The third-order valence-electron chi connectivity index (χ3n) is 5.29. The zero-order valence-corrected chi connectivity index (χ0v) is 21.5. The average Bonchev–Trinajstić information content (AvgIpc) is 2.74. The highest BCUT2D eigenvalue weighted by atomic mass is 35.5. The van der Waals surface area contributed by atoms with Crippen molar-refractivity contribution in [2.24, 2.45) is 5.92 Å². The van der Waals surface area contributed by atoms with Crippen molar-refractivity contribution in [1.29, 1.82) is 0 Å². The molecule has 2 aromatic carbocycles. The summed E-state index contributed by atoms with van der Waals surface area (Å²) in [5.41, 5.74) is 0.296. The molecule has 0 N–H and O–H groups in total. The van der Waals surface area contributed by atoms with Crippen molar-refractivity contribution in [3.05, 3.63) is 67.6 Å². The molecule has 0 saturated heterocycles. The van der Waals surface area contributed by atoms with E-state index in [9.17, 15) is 14.2 Å². The van der Waals surface area contributed by atoms with Gasteiger partial charge in [0, 0.05) is 6.16 Å². The second kappa shape index (κ2) is 14.3. The van der Waals surface area contributed by atoms with E-state index in [0.717, 1.165) is 38.5 Å². The molecule has 8 heteroatoms. The van der Waals surface area contributed by atoms with Gasteiger partial charge in [0.15, 0.2) is 20.0 Å².